The number of non-ortho nitro benzene ring substituents is 1. The highest BCUT2D eigenvalue weighted by Gasteiger charge is 2.30. The Balaban J connectivity index is 1.93. The van der Waals surface area contributed by atoms with E-state index >= 15 is 0 Å². The van der Waals surface area contributed by atoms with Gasteiger partial charge >= 0.3 is 0 Å². The van der Waals surface area contributed by atoms with Crippen LogP contribution in [0.5, 0.6) is 5.75 Å². The molecule has 3 N–H and O–H groups in total. The fourth-order valence-corrected chi connectivity index (χ4v) is 3.21. The predicted octanol–water partition coefficient (Wildman–Crippen LogP) is 3.03. The van der Waals surface area contributed by atoms with Crippen molar-refractivity contribution in [1.82, 2.24) is 10.6 Å². The number of rotatable bonds is 5. The van der Waals surface area contributed by atoms with E-state index in [0.717, 1.165) is 0 Å². The predicted molar refractivity (Wildman–Crippen MR) is 109 cm³/mol. The van der Waals surface area contributed by atoms with E-state index in [0.29, 0.717) is 33.4 Å². The van der Waals surface area contributed by atoms with Crippen LogP contribution in [0.25, 0.3) is 0 Å². The molecule has 8 nitrogen and oxygen atoms in total. The van der Waals surface area contributed by atoms with E-state index in [1.165, 1.54) is 12.1 Å². The maximum absolute atomic E-state index is 13.0. The minimum Gasteiger partial charge on any atom is -0.497 e. The Hall–Kier alpha value is -3.46. The van der Waals surface area contributed by atoms with Crippen LogP contribution in [0.2, 0.25) is 0 Å². The van der Waals surface area contributed by atoms with Crippen LogP contribution in [0.3, 0.4) is 0 Å². The molecule has 28 heavy (non-hydrogen) atoms. The molecule has 1 atom stereocenters. The molecule has 0 fully saturated rings. The summed E-state index contributed by atoms with van der Waals surface area (Å²) < 4.78 is 5.11. The number of benzene rings is 2. The molecule has 0 bridgehead atoms. The maximum atomic E-state index is 13.0. The van der Waals surface area contributed by atoms with Gasteiger partial charge in [-0.2, -0.15) is 0 Å². The van der Waals surface area contributed by atoms with Gasteiger partial charge in [0.2, 0.25) is 0 Å². The van der Waals surface area contributed by atoms with Crippen LogP contribution in [-0.4, -0.2) is 23.1 Å². The first-order valence-electron chi connectivity index (χ1n) is 8.37. The van der Waals surface area contributed by atoms with Gasteiger partial charge in [0.25, 0.3) is 11.6 Å². The number of nitro benzene ring substituents is 1. The zero-order chi connectivity index (χ0) is 20.3. The number of ether oxygens (including phenoxy) is 1. The molecule has 144 valence electrons. The number of thiocarbonyl (C=S) groups is 1. The average molecular weight is 398 g/mol. The summed E-state index contributed by atoms with van der Waals surface area (Å²) in [6, 6.07) is 12.4. The Labute approximate surface area is 166 Å². The molecule has 0 unspecified atom stereocenters. The summed E-state index contributed by atoms with van der Waals surface area (Å²) >= 11 is 5.21. The molecule has 0 saturated carbocycles. The van der Waals surface area contributed by atoms with Crippen molar-refractivity contribution in [3.8, 4) is 5.75 Å². The molecule has 0 spiro atoms. The summed E-state index contributed by atoms with van der Waals surface area (Å²) in [6.45, 7) is 1.74. The lowest BCUT2D eigenvalue weighted by atomic mass is 9.94. The van der Waals surface area contributed by atoms with Crippen molar-refractivity contribution in [2.75, 3.05) is 12.4 Å². The lowest BCUT2D eigenvalue weighted by molar-refractivity contribution is -0.384. The molecule has 1 aliphatic rings. The van der Waals surface area contributed by atoms with E-state index in [9.17, 15) is 14.9 Å². The number of amides is 1. The third-order valence-corrected chi connectivity index (χ3v) is 4.50. The first kappa shape index (κ1) is 19.3. The number of nitro groups is 1. The second-order valence-electron chi connectivity index (χ2n) is 6.10. The Bertz CT molecular complexity index is 972. The van der Waals surface area contributed by atoms with Crippen LogP contribution >= 0.6 is 12.2 Å². The third kappa shape index (κ3) is 4.09. The molecule has 2 aromatic rings. The minimum atomic E-state index is -0.619. The van der Waals surface area contributed by atoms with Crippen molar-refractivity contribution in [3.63, 3.8) is 0 Å². The fraction of sp³-hybridized carbons (Fsp3) is 0.158. The maximum Gasteiger partial charge on any atom is 0.269 e. The molecule has 0 aliphatic carbocycles. The molecule has 2 aromatic carbocycles. The van der Waals surface area contributed by atoms with Crippen molar-refractivity contribution in [1.29, 1.82) is 0 Å². The number of carbonyl (C=O) groups is 1. The summed E-state index contributed by atoms with van der Waals surface area (Å²) in [7, 11) is 1.56. The number of allylic oxidation sites excluding steroid dienone is 1. The lowest BCUT2D eigenvalue weighted by Gasteiger charge is -2.30. The van der Waals surface area contributed by atoms with Gasteiger partial charge in [0, 0.05) is 23.5 Å². The highest BCUT2D eigenvalue weighted by Crippen LogP contribution is 2.30. The summed E-state index contributed by atoms with van der Waals surface area (Å²) in [5.41, 5.74) is 2.07. The van der Waals surface area contributed by atoms with Crippen molar-refractivity contribution >= 4 is 34.6 Å². The minimum absolute atomic E-state index is 0.0590. The normalized spacial score (nSPS) is 16.1. The SMILES string of the molecule is COc1ccc(NC(=O)C2=C(C)NC(=S)N[C@H]2c2cccc([N+](=O)[O-])c2)cc1. The highest BCUT2D eigenvalue weighted by atomic mass is 32.1. The molecular formula is C19H18N4O4S. The Morgan fingerprint density at radius 2 is 1.96 bits per heavy atom. The topological polar surface area (TPSA) is 106 Å². The number of carbonyl (C=O) groups excluding carboxylic acids is 1. The number of nitrogens with zero attached hydrogens (tertiary/aromatic N) is 1. The van der Waals surface area contributed by atoms with Crippen LogP contribution < -0.4 is 20.7 Å². The number of hydrogen-bond donors (Lipinski definition) is 3. The summed E-state index contributed by atoms with van der Waals surface area (Å²) in [4.78, 5) is 23.6. The van der Waals surface area contributed by atoms with Gasteiger partial charge in [-0.15, -0.1) is 0 Å². The molecule has 9 heteroatoms. The highest BCUT2D eigenvalue weighted by molar-refractivity contribution is 7.80. The molecule has 0 aromatic heterocycles. The number of methoxy groups -OCH3 is 1. The van der Waals surface area contributed by atoms with Crippen molar-refractivity contribution in [2.24, 2.45) is 0 Å². The van der Waals surface area contributed by atoms with Crippen LogP contribution in [0, 0.1) is 10.1 Å². The van der Waals surface area contributed by atoms with E-state index in [4.69, 9.17) is 17.0 Å². The van der Waals surface area contributed by atoms with Gasteiger partial charge < -0.3 is 20.7 Å². The van der Waals surface area contributed by atoms with Crippen molar-refractivity contribution in [2.45, 2.75) is 13.0 Å². The van der Waals surface area contributed by atoms with Gasteiger partial charge in [0.05, 0.1) is 23.6 Å². The summed E-state index contributed by atoms with van der Waals surface area (Å²) in [5, 5.41) is 20.3. The Morgan fingerprint density at radius 1 is 1.25 bits per heavy atom. The average Bonchev–Trinajstić information content (AvgIpc) is 2.68. The number of anilines is 1. The fourth-order valence-electron chi connectivity index (χ4n) is 2.94. The number of hydrogen-bond acceptors (Lipinski definition) is 5. The van der Waals surface area contributed by atoms with E-state index in [2.05, 4.69) is 16.0 Å². The van der Waals surface area contributed by atoms with Crippen LogP contribution in [0.1, 0.15) is 18.5 Å². The molecule has 1 amide bonds. The third-order valence-electron chi connectivity index (χ3n) is 4.28. The smallest absolute Gasteiger partial charge is 0.269 e. The molecule has 1 heterocycles. The largest absolute Gasteiger partial charge is 0.497 e. The van der Waals surface area contributed by atoms with E-state index < -0.39 is 11.0 Å². The van der Waals surface area contributed by atoms with Gasteiger partial charge in [0.1, 0.15) is 5.75 Å². The monoisotopic (exact) mass is 398 g/mol. The van der Waals surface area contributed by atoms with Crippen LogP contribution in [0.15, 0.2) is 59.8 Å². The lowest BCUT2D eigenvalue weighted by Crippen LogP contribution is -2.45. The van der Waals surface area contributed by atoms with Crippen molar-refractivity contribution < 1.29 is 14.5 Å². The molecule has 3 rings (SSSR count). The van der Waals surface area contributed by atoms with E-state index in [1.54, 1.807) is 50.4 Å². The van der Waals surface area contributed by atoms with E-state index in [-0.39, 0.29) is 11.6 Å². The van der Waals surface area contributed by atoms with Gasteiger partial charge in [-0.25, -0.2) is 0 Å². The first-order valence-corrected chi connectivity index (χ1v) is 8.78. The molecule has 0 radical (unpaired) electrons. The van der Waals surface area contributed by atoms with Gasteiger partial charge in [0.15, 0.2) is 5.11 Å². The summed E-state index contributed by atoms with van der Waals surface area (Å²) in [6.07, 6.45) is 0. The van der Waals surface area contributed by atoms with Gasteiger partial charge in [-0.1, -0.05) is 12.1 Å². The second kappa shape index (κ2) is 8.05. The Morgan fingerprint density at radius 3 is 2.61 bits per heavy atom. The molecule has 1 aliphatic heterocycles. The molecular weight excluding hydrogens is 380 g/mol. The van der Waals surface area contributed by atoms with Gasteiger partial charge in [-0.05, 0) is 49.0 Å². The quantitative estimate of drug-likeness (QED) is 0.404. The zero-order valence-electron chi connectivity index (χ0n) is 15.2. The summed E-state index contributed by atoms with van der Waals surface area (Å²) in [5.74, 6) is 0.330. The second-order valence-corrected chi connectivity index (χ2v) is 6.51. The van der Waals surface area contributed by atoms with E-state index in [1.807, 2.05) is 0 Å². The number of nitrogens with one attached hydrogen (secondary N) is 3. The molecule has 0 saturated heterocycles. The Kier molecular flexibility index (Phi) is 5.55. The van der Waals surface area contributed by atoms with Crippen LogP contribution in [0.4, 0.5) is 11.4 Å². The standard InChI is InChI=1S/C19H18N4O4S/c1-11-16(18(24)21-13-6-8-15(27-2)9-7-13)17(22-19(28)20-11)12-4-3-5-14(10-12)23(25)26/h3-10,17H,1-2H3,(H,21,24)(H2,20,22,28)/t17-/m0/s1. The van der Waals surface area contributed by atoms with Crippen molar-refractivity contribution in [3.05, 3.63) is 75.5 Å². The van der Waals surface area contributed by atoms with Crippen LogP contribution in [-0.2, 0) is 4.79 Å². The first-order chi connectivity index (χ1) is 13.4. The zero-order valence-corrected chi connectivity index (χ0v) is 16.0. The van der Waals surface area contributed by atoms with Gasteiger partial charge in [-0.3, -0.25) is 14.9 Å².